The van der Waals surface area contributed by atoms with E-state index in [0.29, 0.717) is 17.8 Å². The first-order valence-electron chi connectivity index (χ1n) is 6.44. The van der Waals surface area contributed by atoms with Gasteiger partial charge in [-0.05, 0) is 30.7 Å². The Bertz CT molecular complexity index is 735. The summed E-state index contributed by atoms with van der Waals surface area (Å²) < 4.78 is 39.8. The quantitative estimate of drug-likeness (QED) is 0.861. The van der Waals surface area contributed by atoms with E-state index in [-0.39, 0.29) is 11.4 Å². The molecule has 0 saturated heterocycles. The van der Waals surface area contributed by atoms with E-state index in [2.05, 4.69) is 4.98 Å². The summed E-state index contributed by atoms with van der Waals surface area (Å²) in [5.74, 6) is -0.694. The van der Waals surface area contributed by atoms with Gasteiger partial charge in [-0.3, -0.25) is 9.29 Å². The Hall–Kier alpha value is -2.15. The Labute approximate surface area is 123 Å². The van der Waals surface area contributed by atoms with Crippen LogP contribution in [0.15, 0.2) is 47.6 Å². The van der Waals surface area contributed by atoms with Crippen molar-refractivity contribution < 1.29 is 12.8 Å². The Kier molecular flexibility index (Phi) is 4.42. The van der Waals surface area contributed by atoms with Crippen LogP contribution in [-0.2, 0) is 10.0 Å². The molecule has 0 aliphatic heterocycles. The second kappa shape index (κ2) is 6.09. The lowest BCUT2D eigenvalue weighted by Gasteiger charge is -2.24. The van der Waals surface area contributed by atoms with Crippen LogP contribution >= 0.6 is 0 Å². The largest absolute Gasteiger partial charge is 0.399 e. The average Bonchev–Trinajstić information content (AvgIpc) is 2.44. The molecule has 1 heterocycles. The molecule has 1 aromatic heterocycles. The van der Waals surface area contributed by atoms with Gasteiger partial charge in [0, 0.05) is 18.4 Å². The summed E-state index contributed by atoms with van der Waals surface area (Å²) in [5.41, 5.74) is 6.61. The molecule has 0 atom stereocenters. The van der Waals surface area contributed by atoms with Crippen molar-refractivity contribution in [2.45, 2.75) is 18.2 Å². The molecule has 0 amide bonds. The van der Waals surface area contributed by atoms with Gasteiger partial charge in [-0.1, -0.05) is 13.0 Å². The molecular formula is C14H16FN3O2S. The highest BCUT2D eigenvalue weighted by Crippen LogP contribution is 2.25. The molecule has 7 heteroatoms. The lowest BCUT2D eigenvalue weighted by atomic mass is 10.3. The summed E-state index contributed by atoms with van der Waals surface area (Å²) in [6, 6.07) is 7.52. The van der Waals surface area contributed by atoms with Crippen LogP contribution in [-0.4, -0.2) is 19.9 Å². The monoisotopic (exact) mass is 309 g/mol. The number of nitrogens with zero attached hydrogens (tertiary/aromatic N) is 2. The third-order valence-electron chi connectivity index (χ3n) is 2.85. The van der Waals surface area contributed by atoms with Crippen molar-refractivity contribution in [2.75, 3.05) is 16.6 Å². The smallest absolute Gasteiger partial charge is 0.265 e. The molecule has 1 aromatic carbocycles. The third-order valence-corrected chi connectivity index (χ3v) is 4.65. The number of nitrogens with two attached hydrogens (primary N) is 1. The highest BCUT2D eigenvalue weighted by molar-refractivity contribution is 7.92. The summed E-state index contributed by atoms with van der Waals surface area (Å²) >= 11 is 0. The molecule has 0 radical (unpaired) electrons. The first kappa shape index (κ1) is 15.2. The predicted octanol–water partition coefficient (Wildman–Crippen LogP) is 2.41. The van der Waals surface area contributed by atoms with Gasteiger partial charge in [-0.25, -0.2) is 12.8 Å². The standard InChI is InChI=1S/C14H16FN3O2S/c1-2-6-18(13-5-3-4-12(16)8-13)21(19,20)14-7-11(15)9-17-10-14/h3-5,7-10H,2,6,16H2,1H3. The van der Waals surface area contributed by atoms with Gasteiger partial charge in [0.25, 0.3) is 10.0 Å². The number of pyridine rings is 1. The molecule has 5 nitrogen and oxygen atoms in total. The van der Waals surface area contributed by atoms with E-state index in [1.807, 2.05) is 6.92 Å². The Morgan fingerprint density at radius 3 is 2.67 bits per heavy atom. The third kappa shape index (κ3) is 3.30. The zero-order chi connectivity index (χ0) is 15.5. The number of aromatic nitrogens is 1. The summed E-state index contributed by atoms with van der Waals surface area (Å²) in [4.78, 5) is 3.42. The highest BCUT2D eigenvalue weighted by Gasteiger charge is 2.25. The predicted molar refractivity (Wildman–Crippen MR) is 79.9 cm³/mol. The van der Waals surface area contributed by atoms with Crippen molar-refractivity contribution >= 4 is 21.4 Å². The van der Waals surface area contributed by atoms with Gasteiger partial charge >= 0.3 is 0 Å². The maximum Gasteiger partial charge on any atom is 0.265 e. The van der Waals surface area contributed by atoms with Gasteiger partial charge in [0.05, 0.1) is 11.9 Å². The Morgan fingerprint density at radius 1 is 1.29 bits per heavy atom. The molecule has 112 valence electrons. The molecule has 0 spiro atoms. The number of halogens is 1. The fraction of sp³-hybridized carbons (Fsp3) is 0.214. The zero-order valence-corrected chi connectivity index (χ0v) is 12.3. The van der Waals surface area contributed by atoms with Crippen LogP contribution in [0.25, 0.3) is 0 Å². The molecule has 2 rings (SSSR count). The number of nitrogen functional groups attached to an aromatic ring is 1. The second-order valence-corrected chi connectivity index (χ2v) is 6.37. The lowest BCUT2D eigenvalue weighted by Crippen LogP contribution is -2.32. The van der Waals surface area contributed by atoms with Gasteiger partial charge in [0.1, 0.15) is 10.7 Å². The van der Waals surface area contributed by atoms with Crippen molar-refractivity contribution in [1.29, 1.82) is 0 Å². The van der Waals surface area contributed by atoms with Gasteiger partial charge in [-0.2, -0.15) is 0 Å². The number of anilines is 2. The van der Waals surface area contributed by atoms with Crippen molar-refractivity contribution in [1.82, 2.24) is 4.98 Å². The number of rotatable bonds is 5. The Morgan fingerprint density at radius 2 is 2.05 bits per heavy atom. The van der Waals surface area contributed by atoms with Crippen LogP contribution in [0, 0.1) is 5.82 Å². The first-order chi connectivity index (χ1) is 9.95. The minimum absolute atomic E-state index is 0.182. The van der Waals surface area contributed by atoms with E-state index in [0.717, 1.165) is 18.5 Å². The van der Waals surface area contributed by atoms with E-state index in [1.165, 1.54) is 4.31 Å². The zero-order valence-electron chi connectivity index (χ0n) is 11.5. The molecule has 2 aromatic rings. The molecule has 0 unspecified atom stereocenters. The Balaban J connectivity index is 2.51. The second-order valence-electron chi connectivity index (χ2n) is 4.51. The molecule has 0 aliphatic carbocycles. The van der Waals surface area contributed by atoms with E-state index in [9.17, 15) is 12.8 Å². The average molecular weight is 309 g/mol. The normalized spacial score (nSPS) is 11.3. The van der Waals surface area contributed by atoms with Crippen molar-refractivity contribution in [2.24, 2.45) is 0 Å². The van der Waals surface area contributed by atoms with E-state index in [1.54, 1.807) is 24.3 Å². The fourth-order valence-electron chi connectivity index (χ4n) is 1.93. The number of sulfonamides is 1. The summed E-state index contributed by atoms with van der Waals surface area (Å²) in [7, 11) is -3.88. The fourth-order valence-corrected chi connectivity index (χ4v) is 3.46. The molecule has 21 heavy (non-hydrogen) atoms. The van der Waals surface area contributed by atoms with E-state index < -0.39 is 15.8 Å². The SMILES string of the molecule is CCCN(c1cccc(N)c1)S(=O)(=O)c1cncc(F)c1. The minimum atomic E-state index is -3.88. The van der Waals surface area contributed by atoms with Gasteiger partial charge < -0.3 is 5.73 Å². The van der Waals surface area contributed by atoms with Gasteiger partial charge in [-0.15, -0.1) is 0 Å². The number of hydrogen-bond acceptors (Lipinski definition) is 4. The highest BCUT2D eigenvalue weighted by atomic mass is 32.2. The molecule has 0 bridgehead atoms. The maximum absolute atomic E-state index is 13.2. The summed E-state index contributed by atoms with van der Waals surface area (Å²) in [6.45, 7) is 2.13. The van der Waals surface area contributed by atoms with Crippen LogP contribution in [0.2, 0.25) is 0 Å². The molecule has 0 aliphatic rings. The van der Waals surface area contributed by atoms with Crippen LogP contribution in [0.1, 0.15) is 13.3 Å². The summed E-state index contributed by atoms with van der Waals surface area (Å²) in [6.07, 6.45) is 2.70. The van der Waals surface area contributed by atoms with Crippen molar-refractivity contribution in [3.05, 3.63) is 48.5 Å². The van der Waals surface area contributed by atoms with E-state index in [4.69, 9.17) is 5.73 Å². The first-order valence-corrected chi connectivity index (χ1v) is 7.88. The van der Waals surface area contributed by atoms with Crippen molar-refractivity contribution in [3.63, 3.8) is 0 Å². The minimum Gasteiger partial charge on any atom is -0.399 e. The van der Waals surface area contributed by atoms with Crippen LogP contribution in [0.4, 0.5) is 15.8 Å². The molecule has 0 fully saturated rings. The van der Waals surface area contributed by atoms with Crippen LogP contribution < -0.4 is 10.0 Å². The molecule has 0 saturated carbocycles. The topological polar surface area (TPSA) is 76.3 Å². The number of benzene rings is 1. The lowest BCUT2D eigenvalue weighted by molar-refractivity contribution is 0.583. The molecule has 2 N–H and O–H groups in total. The van der Waals surface area contributed by atoms with Crippen molar-refractivity contribution in [3.8, 4) is 0 Å². The van der Waals surface area contributed by atoms with E-state index >= 15 is 0 Å². The van der Waals surface area contributed by atoms with Gasteiger partial charge in [0.2, 0.25) is 0 Å². The maximum atomic E-state index is 13.2. The summed E-state index contributed by atoms with van der Waals surface area (Å²) in [5, 5.41) is 0. The molecular weight excluding hydrogens is 293 g/mol. The van der Waals surface area contributed by atoms with Gasteiger partial charge in [0.15, 0.2) is 0 Å². The van der Waals surface area contributed by atoms with Crippen LogP contribution in [0.5, 0.6) is 0 Å². The van der Waals surface area contributed by atoms with Crippen LogP contribution in [0.3, 0.4) is 0 Å². The number of hydrogen-bond donors (Lipinski definition) is 1.